The summed E-state index contributed by atoms with van der Waals surface area (Å²) in [6, 6.07) is 6.60. The summed E-state index contributed by atoms with van der Waals surface area (Å²) in [6.07, 6.45) is 2.25. The van der Waals surface area contributed by atoms with E-state index in [0.29, 0.717) is 0 Å². The SMILES string of the molecule is Cc1ccc(N(C)CCCCCl)c(C)c1. The standard InChI is InChI=1S/C13H20ClN/c1-11-6-7-13(12(2)10-11)15(3)9-5-4-8-14/h6-7,10H,4-5,8-9H2,1-3H3. The summed E-state index contributed by atoms with van der Waals surface area (Å²) in [5, 5.41) is 0. The number of hydrogen-bond donors (Lipinski definition) is 0. The molecule has 0 fully saturated rings. The first-order valence-corrected chi connectivity index (χ1v) is 6.03. The normalized spacial score (nSPS) is 10.4. The van der Waals surface area contributed by atoms with Crippen molar-refractivity contribution in [3.05, 3.63) is 29.3 Å². The first-order valence-electron chi connectivity index (χ1n) is 5.49. The number of aryl methyl sites for hydroxylation is 2. The Balaban J connectivity index is 2.61. The van der Waals surface area contributed by atoms with Gasteiger partial charge in [0.05, 0.1) is 0 Å². The molecule has 2 heteroatoms. The quantitative estimate of drug-likeness (QED) is 0.545. The van der Waals surface area contributed by atoms with Crippen LogP contribution < -0.4 is 4.90 Å². The Morgan fingerprint density at radius 2 is 1.93 bits per heavy atom. The lowest BCUT2D eigenvalue weighted by atomic mass is 10.1. The fourth-order valence-electron chi connectivity index (χ4n) is 1.80. The van der Waals surface area contributed by atoms with E-state index in [4.69, 9.17) is 11.6 Å². The average Bonchev–Trinajstić information content (AvgIpc) is 2.17. The average molecular weight is 226 g/mol. The van der Waals surface area contributed by atoms with Crippen molar-refractivity contribution in [3.63, 3.8) is 0 Å². The first kappa shape index (κ1) is 12.4. The van der Waals surface area contributed by atoms with Crippen LogP contribution in [0.5, 0.6) is 0 Å². The zero-order chi connectivity index (χ0) is 11.3. The number of alkyl halides is 1. The van der Waals surface area contributed by atoms with Crippen LogP contribution in [0.3, 0.4) is 0 Å². The van der Waals surface area contributed by atoms with Crippen LogP contribution in [0.2, 0.25) is 0 Å². The molecule has 1 rings (SSSR count). The van der Waals surface area contributed by atoms with Gasteiger partial charge in [-0.2, -0.15) is 0 Å². The highest BCUT2D eigenvalue weighted by molar-refractivity contribution is 6.17. The van der Waals surface area contributed by atoms with E-state index in [2.05, 4.69) is 44.0 Å². The maximum Gasteiger partial charge on any atom is 0.0393 e. The van der Waals surface area contributed by atoms with Gasteiger partial charge in [0, 0.05) is 25.2 Å². The molecule has 0 atom stereocenters. The topological polar surface area (TPSA) is 3.24 Å². The molecule has 0 N–H and O–H groups in total. The summed E-state index contributed by atoms with van der Waals surface area (Å²) in [5.74, 6) is 0.765. The third kappa shape index (κ3) is 3.75. The van der Waals surface area contributed by atoms with Crippen molar-refractivity contribution in [2.45, 2.75) is 26.7 Å². The maximum atomic E-state index is 5.66. The molecule has 1 aromatic carbocycles. The highest BCUT2D eigenvalue weighted by Gasteiger charge is 2.03. The second-order valence-corrected chi connectivity index (χ2v) is 4.49. The zero-order valence-corrected chi connectivity index (χ0v) is 10.6. The summed E-state index contributed by atoms with van der Waals surface area (Å²) in [7, 11) is 2.14. The van der Waals surface area contributed by atoms with E-state index in [9.17, 15) is 0 Å². The molecule has 0 amide bonds. The fourth-order valence-corrected chi connectivity index (χ4v) is 1.99. The number of anilines is 1. The van der Waals surface area contributed by atoms with Gasteiger partial charge in [0.1, 0.15) is 0 Å². The minimum Gasteiger partial charge on any atom is -0.374 e. The van der Waals surface area contributed by atoms with Gasteiger partial charge in [-0.25, -0.2) is 0 Å². The van der Waals surface area contributed by atoms with Gasteiger partial charge >= 0.3 is 0 Å². The molecular formula is C13H20ClN. The van der Waals surface area contributed by atoms with Gasteiger partial charge in [0.15, 0.2) is 0 Å². The third-order valence-electron chi connectivity index (χ3n) is 2.64. The molecule has 0 radical (unpaired) electrons. The third-order valence-corrected chi connectivity index (χ3v) is 2.91. The molecule has 0 heterocycles. The Labute approximate surface area is 98.0 Å². The van der Waals surface area contributed by atoms with Crippen LogP contribution in [0.25, 0.3) is 0 Å². The lowest BCUT2D eigenvalue weighted by molar-refractivity contribution is 0.768. The predicted octanol–water partition coefficient (Wildman–Crippen LogP) is 3.76. The number of unbranched alkanes of at least 4 members (excludes halogenated alkanes) is 1. The Hall–Kier alpha value is -0.690. The molecule has 0 bridgehead atoms. The summed E-state index contributed by atoms with van der Waals surface area (Å²) >= 11 is 5.66. The fraction of sp³-hybridized carbons (Fsp3) is 0.538. The lowest BCUT2D eigenvalue weighted by Gasteiger charge is -2.21. The van der Waals surface area contributed by atoms with Gasteiger partial charge in [-0.15, -0.1) is 11.6 Å². The molecular weight excluding hydrogens is 206 g/mol. The van der Waals surface area contributed by atoms with Gasteiger partial charge in [-0.3, -0.25) is 0 Å². The van der Waals surface area contributed by atoms with E-state index in [-0.39, 0.29) is 0 Å². The van der Waals surface area contributed by atoms with Crippen molar-refractivity contribution in [1.29, 1.82) is 0 Å². The van der Waals surface area contributed by atoms with Crippen LogP contribution in [0.1, 0.15) is 24.0 Å². The number of rotatable bonds is 5. The van der Waals surface area contributed by atoms with E-state index in [1.165, 1.54) is 16.8 Å². The molecule has 0 aliphatic heterocycles. The van der Waals surface area contributed by atoms with E-state index in [1.807, 2.05) is 0 Å². The summed E-state index contributed by atoms with van der Waals surface area (Å²) in [4.78, 5) is 2.31. The number of benzene rings is 1. The summed E-state index contributed by atoms with van der Waals surface area (Å²) in [6.45, 7) is 5.38. The summed E-state index contributed by atoms with van der Waals surface area (Å²) < 4.78 is 0. The second kappa shape index (κ2) is 6.02. The molecule has 1 aromatic rings. The van der Waals surface area contributed by atoms with Crippen molar-refractivity contribution in [3.8, 4) is 0 Å². The molecule has 15 heavy (non-hydrogen) atoms. The molecule has 0 saturated heterocycles. The van der Waals surface area contributed by atoms with Crippen molar-refractivity contribution in [2.24, 2.45) is 0 Å². The molecule has 0 aliphatic rings. The Morgan fingerprint density at radius 3 is 2.53 bits per heavy atom. The van der Waals surface area contributed by atoms with E-state index in [1.54, 1.807) is 0 Å². The smallest absolute Gasteiger partial charge is 0.0393 e. The monoisotopic (exact) mass is 225 g/mol. The molecule has 84 valence electrons. The summed E-state index contributed by atoms with van der Waals surface area (Å²) in [5.41, 5.74) is 4.00. The Bertz CT molecular complexity index is 309. The van der Waals surface area contributed by atoms with Gasteiger partial charge < -0.3 is 4.90 Å². The largest absolute Gasteiger partial charge is 0.374 e. The molecule has 0 aromatic heterocycles. The molecule has 0 saturated carbocycles. The van der Waals surface area contributed by atoms with Gasteiger partial charge in [0.2, 0.25) is 0 Å². The first-order chi connectivity index (χ1) is 7.15. The zero-order valence-electron chi connectivity index (χ0n) is 9.89. The number of halogens is 1. The highest BCUT2D eigenvalue weighted by Crippen LogP contribution is 2.20. The minimum absolute atomic E-state index is 0.765. The minimum atomic E-state index is 0.765. The van der Waals surface area contributed by atoms with Crippen LogP contribution in [0, 0.1) is 13.8 Å². The number of nitrogens with zero attached hydrogens (tertiary/aromatic N) is 1. The maximum absolute atomic E-state index is 5.66. The van der Waals surface area contributed by atoms with Crippen LogP contribution in [0.4, 0.5) is 5.69 Å². The van der Waals surface area contributed by atoms with Crippen LogP contribution in [0.15, 0.2) is 18.2 Å². The van der Waals surface area contributed by atoms with Crippen molar-refractivity contribution < 1.29 is 0 Å². The lowest BCUT2D eigenvalue weighted by Crippen LogP contribution is -2.19. The van der Waals surface area contributed by atoms with Crippen molar-refractivity contribution >= 4 is 17.3 Å². The van der Waals surface area contributed by atoms with Crippen molar-refractivity contribution in [1.82, 2.24) is 0 Å². The molecule has 0 aliphatic carbocycles. The molecule has 0 spiro atoms. The second-order valence-electron chi connectivity index (χ2n) is 4.11. The predicted molar refractivity (Wildman–Crippen MR) is 69.1 cm³/mol. The molecule has 1 nitrogen and oxygen atoms in total. The van der Waals surface area contributed by atoms with Gasteiger partial charge in [0.25, 0.3) is 0 Å². The highest BCUT2D eigenvalue weighted by atomic mass is 35.5. The van der Waals surface area contributed by atoms with Crippen LogP contribution in [-0.2, 0) is 0 Å². The van der Waals surface area contributed by atoms with Gasteiger partial charge in [-0.05, 0) is 38.3 Å². The number of hydrogen-bond acceptors (Lipinski definition) is 1. The van der Waals surface area contributed by atoms with Crippen molar-refractivity contribution in [2.75, 3.05) is 24.4 Å². The Morgan fingerprint density at radius 1 is 1.20 bits per heavy atom. The Kier molecular flexibility index (Phi) is 4.97. The van der Waals surface area contributed by atoms with Gasteiger partial charge in [-0.1, -0.05) is 17.7 Å². The van der Waals surface area contributed by atoms with E-state index >= 15 is 0 Å². The van der Waals surface area contributed by atoms with E-state index < -0.39 is 0 Å². The van der Waals surface area contributed by atoms with Crippen LogP contribution in [-0.4, -0.2) is 19.5 Å². The van der Waals surface area contributed by atoms with Crippen LogP contribution >= 0.6 is 11.6 Å². The van der Waals surface area contributed by atoms with E-state index in [0.717, 1.165) is 25.3 Å². The molecule has 0 unspecified atom stereocenters.